The number of carbonyl (C=O) groups excluding carboxylic acids is 1. The van der Waals surface area contributed by atoms with Crippen molar-refractivity contribution in [3.63, 3.8) is 0 Å². The number of rotatable bonds is 6. The average Bonchev–Trinajstić information content (AvgIpc) is 2.50. The Balaban J connectivity index is 1.91. The van der Waals surface area contributed by atoms with Crippen molar-refractivity contribution in [2.45, 2.75) is 6.42 Å². The number of Topliss-reactive ketones (excluding diaryl/α,β-unsaturated/α-hetero) is 1. The molecule has 0 N–H and O–H groups in total. The first-order chi connectivity index (χ1) is 6.68. The van der Waals surface area contributed by atoms with Crippen LogP contribution in [0.4, 0.5) is 0 Å². The van der Waals surface area contributed by atoms with Crippen LogP contribution in [0.5, 0.6) is 0 Å². The molecule has 4 heteroatoms. The SMILES string of the molecule is CN(C)CCOCCN1CCC(=O)C1. The summed E-state index contributed by atoms with van der Waals surface area (Å²) in [5.41, 5.74) is 0. The van der Waals surface area contributed by atoms with E-state index in [9.17, 15) is 4.79 Å². The van der Waals surface area contributed by atoms with Crippen LogP contribution in [0.1, 0.15) is 6.42 Å². The summed E-state index contributed by atoms with van der Waals surface area (Å²) in [6, 6.07) is 0. The first-order valence-corrected chi connectivity index (χ1v) is 5.15. The van der Waals surface area contributed by atoms with Crippen molar-refractivity contribution in [1.82, 2.24) is 9.80 Å². The summed E-state index contributed by atoms with van der Waals surface area (Å²) in [6.45, 7) is 4.89. The third-order valence-electron chi connectivity index (χ3n) is 2.34. The number of nitrogens with zero attached hydrogens (tertiary/aromatic N) is 2. The van der Waals surface area contributed by atoms with Crippen molar-refractivity contribution in [1.29, 1.82) is 0 Å². The van der Waals surface area contributed by atoms with Gasteiger partial charge in [-0.3, -0.25) is 9.69 Å². The molecule has 0 atom stereocenters. The van der Waals surface area contributed by atoms with Gasteiger partial charge in [-0.1, -0.05) is 0 Å². The van der Waals surface area contributed by atoms with Gasteiger partial charge in [-0.2, -0.15) is 0 Å². The van der Waals surface area contributed by atoms with Crippen molar-refractivity contribution in [3.05, 3.63) is 0 Å². The molecule has 0 spiro atoms. The third-order valence-corrected chi connectivity index (χ3v) is 2.34. The Morgan fingerprint density at radius 1 is 1.43 bits per heavy atom. The summed E-state index contributed by atoms with van der Waals surface area (Å²) in [6.07, 6.45) is 0.720. The topological polar surface area (TPSA) is 32.8 Å². The second-order valence-corrected chi connectivity index (χ2v) is 3.98. The molecule has 1 aliphatic rings. The summed E-state index contributed by atoms with van der Waals surface area (Å²) in [4.78, 5) is 15.2. The zero-order valence-electron chi connectivity index (χ0n) is 9.16. The van der Waals surface area contributed by atoms with Gasteiger partial charge in [0.25, 0.3) is 0 Å². The quantitative estimate of drug-likeness (QED) is 0.558. The Kier molecular flexibility index (Phi) is 5.07. The highest BCUT2D eigenvalue weighted by atomic mass is 16.5. The first-order valence-electron chi connectivity index (χ1n) is 5.15. The molecule has 0 aromatic heterocycles. The number of likely N-dealkylation sites (tertiary alicyclic amines) is 1. The zero-order valence-corrected chi connectivity index (χ0v) is 9.16. The van der Waals surface area contributed by atoms with Crippen molar-refractivity contribution in [3.8, 4) is 0 Å². The first kappa shape index (κ1) is 11.6. The van der Waals surface area contributed by atoms with Crippen molar-refractivity contribution >= 4 is 5.78 Å². The van der Waals surface area contributed by atoms with E-state index >= 15 is 0 Å². The van der Waals surface area contributed by atoms with Gasteiger partial charge in [-0.05, 0) is 14.1 Å². The molecule has 14 heavy (non-hydrogen) atoms. The molecule has 1 rings (SSSR count). The second-order valence-electron chi connectivity index (χ2n) is 3.98. The largest absolute Gasteiger partial charge is 0.379 e. The van der Waals surface area contributed by atoms with Crippen LogP contribution in [0, 0.1) is 0 Å². The van der Waals surface area contributed by atoms with Crippen LogP contribution in [-0.4, -0.2) is 69.1 Å². The van der Waals surface area contributed by atoms with E-state index in [2.05, 4.69) is 9.80 Å². The maximum Gasteiger partial charge on any atom is 0.148 e. The van der Waals surface area contributed by atoms with Gasteiger partial charge in [0.05, 0.1) is 19.8 Å². The van der Waals surface area contributed by atoms with Crippen molar-refractivity contribution < 1.29 is 9.53 Å². The molecule has 0 aromatic rings. The van der Waals surface area contributed by atoms with Gasteiger partial charge in [0, 0.05) is 26.1 Å². The summed E-state index contributed by atoms with van der Waals surface area (Å²) in [7, 11) is 4.06. The Hall–Kier alpha value is -0.450. The monoisotopic (exact) mass is 200 g/mol. The minimum absolute atomic E-state index is 0.360. The van der Waals surface area contributed by atoms with Gasteiger partial charge in [0.15, 0.2) is 0 Å². The second kappa shape index (κ2) is 6.11. The molecule has 0 amide bonds. The minimum Gasteiger partial charge on any atom is -0.379 e. The number of ether oxygens (including phenoxy) is 1. The number of hydrogen-bond acceptors (Lipinski definition) is 4. The Bertz CT molecular complexity index is 183. The molecule has 0 aromatic carbocycles. The van der Waals surface area contributed by atoms with E-state index < -0.39 is 0 Å². The standard InChI is InChI=1S/C10H20N2O2/c1-11(2)5-7-14-8-6-12-4-3-10(13)9-12/h3-9H2,1-2H3. The molecule has 82 valence electrons. The number of hydrogen-bond donors (Lipinski definition) is 0. The van der Waals surface area contributed by atoms with Crippen LogP contribution in [0.25, 0.3) is 0 Å². The molecular formula is C10H20N2O2. The van der Waals surface area contributed by atoms with Crippen LogP contribution < -0.4 is 0 Å². The van der Waals surface area contributed by atoms with E-state index in [0.717, 1.165) is 39.3 Å². The van der Waals surface area contributed by atoms with Crippen LogP contribution in [0.2, 0.25) is 0 Å². The molecule has 1 fully saturated rings. The van der Waals surface area contributed by atoms with Gasteiger partial charge < -0.3 is 9.64 Å². The molecule has 0 bridgehead atoms. The lowest BCUT2D eigenvalue weighted by Crippen LogP contribution is -2.26. The number of likely N-dealkylation sites (N-methyl/N-ethyl adjacent to an activating group) is 1. The maximum absolute atomic E-state index is 10.9. The van der Waals surface area contributed by atoms with Crippen LogP contribution in [-0.2, 0) is 9.53 Å². The predicted molar refractivity (Wildman–Crippen MR) is 55.4 cm³/mol. The minimum atomic E-state index is 0.360. The number of carbonyl (C=O) groups is 1. The third kappa shape index (κ3) is 4.69. The average molecular weight is 200 g/mol. The molecular weight excluding hydrogens is 180 g/mol. The Morgan fingerprint density at radius 2 is 2.21 bits per heavy atom. The van der Waals surface area contributed by atoms with Crippen LogP contribution in [0.15, 0.2) is 0 Å². The van der Waals surface area contributed by atoms with E-state index in [0.29, 0.717) is 12.3 Å². The van der Waals surface area contributed by atoms with Crippen molar-refractivity contribution in [2.75, 3.05) is 53.5 Å². The van der Waals surface area contributed by atoms with Gasteiger partial charge in [0.1, 0.15) is 5.78 Å². The highest BCUT2D eigenvalue weighted by molar-refractivity contribution is 5.82. The van der Waals surface area contributed by atoms with E-state index in [1.807, 2.05) is 14.1 Å². The molecule has 0 saturated carbocycles. The molecule has 1 saturated heterocycles. The Morgan fingerprint density at radius 3 is 2.79 bits per heavy atom. The lowest BCUT2D eigenvalue weighted by atomic mass is 10.4. The number of ketones is 1. The van der Waals surface area contributed by atoms with Crippen LogP contribution in [0.3, 0.4) is 0 Å². The van der Waals surface area contributed by atoms with E-state index in [1.54, 1.807) is 0 Å². The fourth-order valence-electron chi connectivity index (χ4n) is 1.42. The summed E-state index contributed by atoms with van der Waals surface area (Å²) in [5, 5.41) is 0. The van der Waals surface area contributed by atoms with Crippen molar-refractivity contribution in [2.24, 2.45) is 0 Å². The van der Waals surface area contributed by atoms with Gasteiger partial charge in [-0.15, -0.1) is 0 Å². The fourth-order valence-corrected chi connectivity index (χ4v) is 1.42. The highest BCUT2D eigenvalue weighted by Gasteiger charge is 2.18. The maximum atomic E-state index is 10.9. The molecule has 0 radical (unpaired) electrons. The molecule has 1 heterocycles. The summed E-state index contributed by atoms with van der Waals surface area (Å²) < 4.78 is 5.45. The lowest BCUT2D eigenvalue weighted by Gasteiger charge is -2.14. The summed E-state index contributed by atoms with van der Waals surface area (Å²) in [5.74, 6) is 0.360. The lowest BCUT2D eigenvalue weighted by molar-refractivity contribution is -0.116. The summed E-state index contributed by atoms with van der Waals surface area (Å²) >= 11 is 0. The Labute approximate surface area is 85.8 Å². The smallest absolute Gasteiger partial charge is 0.148 e. The predicted octanol–water partition coefficient (Wildman–Crippen LogP) is -0.161. The van der Waals surface area contributed by atoms with Gasteiger partial charge in [0.2, 0.25) is 0 Å². The molecule has 0 aliphatic carbocycles. The van der Waals surface area contributed by atoms with E-state index in [4.69, 9.17) is 4.74 Å². The normalized spacial score (nSPS) is 18.4. The van der Waals surface area contributed by atoms with E-state index in [-0.39, 0.29) is 0 Å². The molecule has 4 nitrogen and oxygen atoms in total. The van der Waals surface area contributed by atoms with Gasteiger partial charge >= 0.3 is 0 Å². The molecule has 1 aliphatic heterocycles. The highest BCUT2D eigenvalue weighted by Crippen LogP contribution is 2.02. The molecule has 0 unspecified atom stereocenters. The fraction of sp³-hybridized carbons (Fsp3) is 0.900. The van der Waals surface area contributed by atoms with E-state index in [1.165, 1.54) is 0 Å². The zero-order chi connectivity index (χ0) is 10.4. The van der Waals surface area contributed by atoms with Crippen LogP contribution >= 0.6 is 0 Å². The van der Waals surface area contributed by atoms with Gasteiger partial charge in [-0.25, -0.2) is 0 Å².